The van der Waals surface area contributed by atoms with E-state index in [9.17, 15) is 4.79 Å². The molecule has 3 heteroatoms. The maximum absolute atomic E-state index is 11.5. The topological polar surface area (TPSA) is 34.9 Å². The highest BCUT2D eigenvalue weighted by molar-refractivity contribution is 5.94. The molecule has 0 aliphatic carbocycles. The van der Waals surface area contributed by atoms with Crippen molar-refractivity contribution in [2.75, 3.05) is 0 Å². The molecule has 13 heavy (non-hydrogen) atoms. The van der Waals surface area contributed by atoms with Gasteiger partial charge in [0.05, 0.1) is 0 Å². The van der Waals surface area contributed by atoms with Crippen molar-refractivity contribution >= 4 is 5.78 Å². The molecule has 3 nitrogen and oxygen atoms in total. The van der Waals surface area contributed by atoms with E-state index in [1.165, 1.54) is 0 Å². The van der Waals surface area contributed by atoms with E-state index >= 15 is 0 Å². The Morgan fingerprint density at radius 2 is 2.54 bits per heavy atom. The lowest BCUT2D eigenvalue weighted by atomic mass is 10.1. The van der Waals surface area contributed by atoms with Crippen molar-refractivity contribution in [1.29, 1.82) is 0 Å². The predicted molar refractivity (Wildman–Crippen MR) is 51.6 cm³/mol. The minimum Gasteiger partial charge on any atom is -0.292 e. The van der Waals surface area contributed by atoms with Gasteiger partial charge in [-0.05, 0) is 18.9 Å². The summed E-state index contributed by atoms with van der Waals surface area (Å²) in [4.78, 5) is 11.5. The Morgan fingerprint density at radius 3 is 3.08 bits per heavy atom. The van der Waals surface area contributed by atoms with Crippen LogP contribution in [-0.2, 0) is 7.05 Å². The number of rotatable bonds is 5. The molecule has 1 heterocycles. The molecule has 0 atom stereocenters. The largest absolute Gasteiger partial charge is 0.292 e. The van der Waals surface area contributed by atoms with Crippen molar-refractivity contribution in [3.05, 3.63) is 30.6 Å². The van der Waals surface area contributed by atoms with E-state index in [4.69, 9.17) is 0 Å². The van der Waals surface area contributed by atoms with Gasteiger partial charge in [0.1, 0.15) is 5.69 Å². The molecule has 0 aromatic carbocycles. The zero-order chi connectivity index (χ0) is 9.68. The Kier molecular flexibility index (Phi) is 3.43. The first-order valence-electron chi connectivity index (χ1n) is 4.38. The number of aryl methyl sites for hydroxylation is 1. The number of carbonyl (C=O) groups excluding carboxylic acids is 1. The maximum atomic E-state index is 11.5. The highest BCUT2D eigenvalue weighted by Crippen LogP contribution is 2.05. The number of unbranched alkanes of at least 4 members (excludes halogenated alkanes) is 1. The third-order valence-electron chi connectivity index (χ3n) is 1.92. The number of hydrogen-bond acceptors (Lipinski definition) is 2. The quantitative estimate of drug-likeness (QED) is 0.392. The molecule has 1 rings (SSSR count). The van der Waals surface area contributed by atoms with Crippen LogP contribution >= 0.6 is 0 Å². The van der Waals surface area contributed by atoms with Gasteiger partial charge in [0, 0.05) is 19.7 Å². The van der Waals surface area contributed by atoms with Crippen LogP contribution in [0, 0.1) is 0 Å². The van der Waals surface area contributed by atoms with Gasteiger partial charge in [-0.2, -0.15) is 5.10 Å². The van der Waals surface area contributed by atoms with Crippen molar-refractivity contribution in [2.45, 2.75) is 19.3 Å². The van der Waals surface area contributed by atoms with Crippen LogP contribution < -0.4 is 0 Å². The Hall–Kier alpha value is -1.38. The SMILES string of the molecule is C=CCCCC(=O)c1ccnn1C. The summed E-state index contributed by atoms with van der Waals surface area (Å²) < 4.78 is 1.61. The maximum Gasteiger partial charge on any atom is 0.180 e. The van der Waals surface area contributed by atoms with E-state index < -0.39 is 0 Å². The first kappa shape index (κ1) is 9.71. The van der Waals surface area contributed by atoms with Crippen LogP contribution in [-0.4, -0.2) is 15.6 Å². The molecule has 0 saturated carbocycles. The second kappa shape index (κ2) is 4.60. The van der Waals surface area contributed by atoms with Gasteiger partial charge in [0.25, 0.3) is 0 Å². The molecule has 0 bridgehead atoms. The van der Waals surface area contributed by atoms with Gasteiger partial charge in [0.15, 0.2) is 5.78 Å². The summed E-state index contributed by atoms with van der Waals surface area (Å²) in [6.45, 7) is 3.61. The molecule has 0 saturated heterocycles. The van der Waals surface area contributed by atoms with Gasteiger partial charge in [-0.25, -0.2) is 0 Å². The summed E-state index contributed by atoms with van der Waals surface area (Å²) in [5.41, 5.74) is 0.684. The lowest BCUT2D eigenvalue weighted by molar-refractivity contribution is 0.0971. The van der Waals surface area contributed by atoms with E-state index in [0.717, 1.165) is 12.8 Å². The predicted octanol–water partition coefficient (Wildman–Crippen LogP) is 1.96. The highest BCUT2D eigenvalue weighted by Gasteiger charge is 2.08. The van der Waals surface area contributed by atoms with Gasteiger partial charge in [0.2, 0.25) is 0 Å². The smallest absolute Gasteiger partial charge is 0.180 e. The summed E-state index contributed by atoms with van der Waals surface area (Å²) in [6, 6.07) is 1.75. The van der Waals surface area contributed by atoms with Gasteiger partial charge in [-0.1, -0.05) is 6.08 Å². The summed E-state index contributed by atoms with van der Waals surface area (Å²) in [5, 5.41) is 3.94. The number of nitrogens with zero attached hydrogens (tertiary/aromatic N) is 2. The summed E-state index contributed by atoms with van der Waals surface area (Å²) >= 11 is 0. The number of aromatic nitrogens is 2. The first-order valence-corrected chi connectivity index (χ1v) is 4.38. The Bertz CT molecular complexity index is 302. The highest BCUT2D eigenvalue weighted by atomic mass is 16.1. The van der Waals surface area contributed by atoms with E-state index in [1.54, 1.807) is 24.0 Å². The van der Waals surface area contributed by atoms with Crippen LogP contribution in [0.2, 0.25) is 0 Å². The Labute approximate surface area is 78.1 Å². The van der Waals surface area contributed by atoms with Crippen LogP contribution in [0.1, 0.15) is 29.8 Å². The van der Waals surface area contributed by atoms with Crippen molar-refractivity contribution in [1.82, 2.24) is 9.78 Å². The molecule has 0 aliphatic heterocycles. The number of carbonyl (C=O) groups is 1. The van der Waals surface area contributed by atoms with E-state index in [0.29, 0.717) is 12.1 Å². The number of hydrogen-bond donors (Lipinski definition) is 0. The monoisotopic (exact) mass is 178 g/mol. The molecule has 0 spiro atoms. The third kappa shape index (κ3) is 2.54. The van der Waals surface area contributed by atoms with E-state index in [1.807, 2.05) is 6.08 Å². The molecule has 0 aliphatic rings. The van der Waals surface area contributed by atoms with Gasteiger partial charge in [-0.15, -0.1) is 6.58 Å². The summed E-state index contributed by atoms with van der Waals surface area (Å²) in [7, 11) is 1.78. The lowest BCUT2D eigenvalue weighted by Crippen LogP contribution is -2.06. The van der Waals surface area contributed by atoms with E-state index in [2.05, 4.69) is 11.7 Å². The normalized spacial score (nSPS) is 9.92. The molecule has 0 fully saturated rings. The van der Waals surface area contributed by atoms with Crippen LogP contribution in [0.25, 0.3) is 0 Å². The first-order chi connectivity index (χ1) is 6.25. The van der Waals surface area contributed by atoms with Crippen LogP contribution in [0.15, 0.2) is 24.9 Å². The fraction of sp³-hybridized carbons (Fsp3) is 0.400. The summed E-state index contributed by atoms with van der Waals surface area (Å²) in [6.07, 6.45) is 5.81. The van der Waals surface area contributed by atoms with Gasteiger partial charge in [-0.3, -0.25) is 9.48 Å². The van der Waals surface area contributed by atoms with E-state index in [-0.39, 0.29) is 5.78 Å². The average Bonchev–Trinajstić information content (AvgIpc) is 2.52. The zero-order valence-electron chi connectivity index (χ0n) is 7.86. The minimum absolute atomic E-state index is 0.154. The molecule has 70 valence electrons. The Balaban J connectivity index is 2.49. The zero-order valence-corrected chi connectivity index (χ0v) is 7.86. The van der Waals surface area contributed by atoms with Crippen LogP contribution in [0.5, 0.6) is 0 Å². The van der Waals surface area contributed by atoms with Crippen molar-refractivity contribution in [2.24, 2.45) is 7.05 Å². The molecule has 1 aromatic rings. The standard InChI is InChI=1S/C10H14N2O/c1-3-4-5-6-10(13)9-7-8-11-12(9)2/h3,7-8H,1,4-6H2,2H3. The van der Waals surface area contributed by atoms with Crippen LogP contribution in [0.4, 0.5) is 0 Å². The molecule has 1 aromatic heterocycles. The second-order valence-corrected chi connectivity index (χ2v) is 2.94. The van der Waals surface area contributed by atoms with Crippen LogP contribution in [0.3, 0.4) is 0 Å². The summed E-state index contributed by atoms with van der Waals surface area (Å²) in [5.74, 6) is 0.154. The molecular formula is C10H14N2O. The number of ketones is 1. The van der Waals surface area contributed by atoms with Gasteiger partial charge < -0.3 is 0 Å². The fourth-order valence-electron chi connectivity index (χ4n) is 1.18. The molecular weight excluding hydrogens is 164 g/mol. The van der Waals surface area contributed by atoms with Gasteiger partial charge >= 0.3 is 0 Å². The van der Waals surface area contributed by atoms with Crippen molar-refractivity contribution in [3.63, 3.8) is 0 Å². The van der Waals surface area contributed by atoms with Crippen molar-refractivity contribution < 1.29 is 4.79 Å². The molecule has 0 unspecified atom stereocenters. The third-order valence-corrected chi connectivity index (χ3v) is 1.92. The minimum atomic E-state index is 0.154. The fourth-order valence-corrected chi connectivity index (χ4v) is 1.18. The number of allylic oxidation sites excluding steroid dienone is 1. The molecule has 0 amide bonds. The average molecular weight is 178 g/mol. The van der Waals surface area contributed by atoms with Crippen molar-refractivity contribution in [3.8, 4) is 0 Å². The molecule has 0 N–H and O–H groups in total. The lowest BCUT2D eigenvalue weighted by Gasteiger charge is -1.99. The molecule has 0 radical (unpaired) electrons. The second-order valence-electron chi connectivity index (χ2n) is 2.94. The number of Topliss-reactive ketones (excluding diaryl/α,β-unsaturated/α-hetero) is 1. The Morgan fingerprint density at radius 1 is 1.77 bits per heavy atom.